The second-order valence-corrected chi connectivity index (χ2v) is 6.73. The predicted molar refractivity (Wildman–Crippen MR) is 86.9 cm³/mol. The summed E-state index contributed by atoms with van der Waals surface area (Å²) in [6.07, 6.45) is -0.243. The minimum atomic E-state index is -0.615. The Balaban J connectivity index is 1.82. The summed E-state index contributed by atoms with van der Waals surface area (Å²) in [6, 6.07) is 9.97. The first kappa shape index (κ1) is 17.4. The van der Waals surface area contributed by atoms with Crippen LogP contribution in [0.2, 0.25) is 0 Å². The van der Waals surface area contributed by atoms with Gasteiger partial charge in [-0.25, -0.2) is 4.79 Å². The number of benzene rings is 1. The largest absolute Gasteiger partial charge is 0.467 e. The Hall–Kier alpha value is -1.47. The number of esters is 1. The molecule has 0 N–H and O–H groups in total. The lowest BCUT2D eigenvalue weighted by molar-refractivity contribution is -0.216. The average Bonchev–Trinajstić information content (AvgIpc) is 3.17. The first-order chi connectivity index (χ1) is 11.4. The van der Waals surface area contributed by atoms with Gasteiger partial charge in [0.15, 0.2) is 11.9 Å². The molecule has 24 heavy (non-hydrogen) atoms. The molecule has 0 bridgehead atoms. The van der Waals surface area contributed by atoms with E-state index >= 15 is 0 Å². The van der Waals surface area contributed by atoms with Crippen LogP contribution in [0.4, 0.5) is 0 Å². The molecule has 132 valence electrons. The molecule has 2 fully saturated rings. The fraction of sp³-hybridized carbons (Fsp3) is 0.611. The number of ether oxygens (including phenoxy) is 3. The topological polar surface area (TPSA) is 57.2 Å². The van der Waals surface area contributed by atoms with Gasteiger partial charge in [-0.2, -0.15) is 5.06 Å². The van der Waals surface area contributed by atoms with Gasteiger partial charge in [-0.15, -0.1) is 0 Å². The standard InChI is InChI=1S/C18H25NO5/c1-12(13-8-6-5-7-9-13)19-14(10-15(24-19)17(20)21-4)16-11-22-18(2,3)23-16/h5-9,12,14-16H,10-11H2,1-4H3/t12-,14-,15+,16-/m1/s1. The summed E-state index contributed by atoms with van der Waals surface area (Å²) in [5, 5.41) is 1.87. The molecule has 6 heteroatoms. The molecule has 1 aromatic carbocycles. The predicted octanol–water partition coefficient (Wildman–Crippen LogP) is 2.45. The van der Waals surface area contributed by atoms with Crippen molar-refractivity contribution in [1.29, 1.82) is 0 Å². The molecule has 0 spiro atoms. The van der Waals surface area contributed by atoms with Gasteiger partial charge >= 0.3 is 5.97 Å². The van der Waals surface area contributed by atoms with Gasteiger partial charge in [-0.05, 0) is 26.3 Å². The van der Waals surface area contributed by atoms with Crippen LogP contribution in [0.1, 0.15) is 38.8 Å². The molecule has 0 aromatic heterocycles. The molecule has 0 aliphatic carbocycles. The third-order valence-electron chi connectivity index (χ3n) is 4.62. The zero-order valence-electron chi connectivity index (χ0n) is 14.6. The van der Waals surface area contributed by atoms with Gasteiger partial charge in [0.05, 0.1) is 25.8 Å². The Kier molecular flexibility index (Phi) is 4.92. The maximum atomic E-state index is 12.0. The monoisotopic (exact) mass is 335 g/mol. The number of carbonyl (C=O) groups excluding carboxylic acids is 1. The van der Waals surface area contributed by atoms with Crippen LogP contribution in [0, 0.1) is 0 Å². The van der Waals surface area contributed by atoms with Crippen LogP contribution >= 0.6 is 0 Å². The number of hydrogen-bond donors (Lipinski definition) is 0. The molecule has 0 unspecified atom stereocenters. The van der Waals surface area contributed by atoms with Crippen LogP contribution in [0.15, 0.2) is 30.3 Å². The van der Waals surface area contributed by atoms with Gasteiger partial charge < -0.3 is 14.2 Å². The lowest BCUT2D eigenvalue weighted by Gasteiger charge is -2.32. The molecule has 2 aliphatic heterocycles. The van der Waals surface area contributed by atoms with Crippen molar-refractivity contribution in [1.82, 2.24) is 5.06 Å². The van der Waals surface area contributed by atoms with Gasteiger partial charge in [0, 0.05) is 6.42 Å². The molecular formula is C18H25NO5. The Bertz CT molecular complexity index is 576. The van der Waals surface area contributed by atoms with Gasteiger partial charge in [0.25, 0.3) is 0 Å². The fourth-order valence-electron chi connectivity index (χ4n) is 3.34. The second-order valence-electron chi connectivity index (χ2n) is 6.73. The number of methoxy groups -OCH3 is 1. The smallest absolute Gasteiger partial charge is 0.337 e. The normalized spacial score (nSPS) is 31.1. The highest BCUT2D eigenvalue weighted by atomic mass is 16.8. The van der Waals surface area contributed by atoms with Crippen molar-refractivity contribution in [2.24, 2.45) is 0 Å². The van der Waals surface area contributed by atoms with E-state index in [1.165, 1.54) is 7.11 Å². The molecule has 0 amide bonds. The Morgan fingerprint density at radius 1 is 1.33 bits per heavy atom. The van der Waals surface area contributed by atoms with Gasteiger partial charge in [-0.3, -0.25) is 4.84 Å². The van der Waals surface area contributed by atoms with E-state index in [9.17, 15) is 4.79 Å². The third kappa shape index (κ3) is 3.47. The fourth-order valence-corrected chi connectivity index (χ4v) is 3.34. The Morgan fingerprint density at radius 3 is 2.62 bits per heavy atom. The number of hydrogen-bond acceptors (Lipinski definition) is 6. The SMILES string of the molecule is COC(=O)[C@@H]1C[C@H]([C@H]2COC(C)(C)O2)N([C@H](C)c2ccccc2)O1. The highest BCUT2D eigenvalue weighted by molar-refractivity contribution is 5.74. The van der Waals surface area contributed by atoms with Crippen LogP contribution in [0.5, 0.6) is 0 Å². The van der Waals surface area contributed by atoms with Crippen LogP contribution < -0.4 is 0 Å². The molecular weight excluding hydrogens is 310 g/mol. The van der Waals surface area contributed by atoms with Crippen molar-refractivity contribution in [2.45, 2.75) is 57.3 Å². The first-order valence-electron chi connectivity index (χ1n) is 8.31. The molecule has 2 saturated heterocycles. The van der Waals surface area contributed by atoms with E-state index in [0.29, 0.717) is 13.0 Å². The summed E-state index contributed by atoms with van der Waals surface area (Å²) >= 11 is 0. The maximum absolute atomic E-state index is 12.0. The summed E-state index contributed by atoms with van der Waals surface area (Å²) in [6.45, 7) is 6.33. The van der Waals surface area contributed by atoms with Crippen molar-refractivity contribution in [3.05, 3.63) is 35.9 Å². The Labute approximate surface area is 142 Å². The molecule has 6 nitrogen and oxygen atoms in total. The lowest BCUT2D eigenvalue weighted by Crippen LogP contribution is -2.41. The summed E-state index contributed by atoms with van der Waals surface area (Å²) in [5.74, 6) is -0.976. The zero-order chi connectivity index (χ0) is 17.3. The van der Waals surface area contributed by atoms with E-state index in [1.807, 2.05) is 49.2 Å². The van der Waals surface area contributed by atoms with E-state index in [1.54, 1.807) is 0 Å². The Morgan fingerprint density at radius 2 is 2.04 bits per heavy atom. The van der Waals surface area contributed by atoms with Crippen molar-refractivity contribution in [2.75, 3.05) is 13.7 Å². The summed E-state index contributed by atoms with van der Waals surface area (Å²) in [4.78, 5) is 17.9. The first-order valence-corrected chi connectivity index (χ1v) is 8.31. The molecule has 0 radical (unpaired) electrons. The number of carbonyl (C=O) groups is 1. The van der Waals surface area contributed by atoms with Crippen LogP contribution in [0.25, 0.3) is 0 Å². The van der Waals surface area contributed by atoms with E-state index in [2.05, 4.69) is 6.92 Å². The third-order valence-corrected chi connectivity index (χ3v) is 4.62. The zero-order valence-corrected chi connectivity index (χ0v) is 14.6. The van der Waals surface area contributed by atoms with Crippen molar-refractivity contribution in [3.8, 4) is 0 Å². The van der Waals surface area contributed by atoms with Crippen LogP contribution in [-0.2, 0) is 23.8 Å². The van der Waals surface area contributed by atoms with Crippen molar-refractivity contribution in [3.63, 3.8) is 0 Å². The highest BCUT2D eigenvalue weighted by Gasteiger charge is 2.48. The second kappa shape index (κ2) is 6.80. The molecule has 0 saturated carbocycles. The van der Waals surface area contributed by atoms with E-state index in [0.717, 1.165) is 5.56 Å². The molecule has 1 aromatic rings. The van der Waals surface area contributed by atoms with E-state index < -0.39 is 11.9 Å². The van der Waals surface area contributed by atoms with Crippen molar-refractivity contribution < 1.29 is 23.8 Å². The molecule has 3 rings (SSSR count). The van der Waals surface area contributed by atoms with Crippen molar-refractivity contribution >= 4 is 5.97 Å². The van der Waals surface area contributed by atoms with Gasteiger partial charge in [-0.1, -0.05) is 30.3 Å². The number of nitrogens with zero attached hydrogens (tertiary/aromatic N) is 1. The van der Waals surface area contributed by atoms with Gasteiger partial charge in [0.2, 0.25) is 0 Å². The molecule has 2 heterocycles. The summed E-state index contributed by atoms with van der Waals surface area (Å²) < 4.78 is 16.6. The van der Waals surface area contributed by atoms with E-state index in [-0.39, 0.29) is 24.2 Å². The average molecular weight is 335 g/mol. The van der Waals surface area contributed by atoms with Crippen LogP contribution in [-0.4, -0.2) is 48.8 Å². The highest BCUT2D eigenvalue weighted by Crippen LogP contribution is 2.37. The molecule has 4 atom stereocenters. The van der Waals surface area contributed by atoms with Gasteiger partial charge in [0.1, 0.15) is 6.10 Å². The quantitative estimate of drug-likeness (QED) is 0.788. The number of rotatable bonds is 4. The van der Waals surface area contributed by atoms with E-state index in [4.69, 9.17) is 19.0 Å². The summed E-state index contributed by atoms with van der Waals surface area (Å²) in [5.41, 5.74) is 1.12. The van der Waals surface area contributed by atoms with Crippen LogP contribution in [0.3, 0.4) is 0 Å². The lowest BCUT2D eigenvalue weighted by atomic mass is 10.0. The minimum absolute atomic E-state index is 0.0156. The molecule has 2 aliphatic rings. The summed E-state index contributed by atoms with van der Waals surface area (Å²) in [7, 11) is 1.38. The number of hydroxylamine groups is 2. The maximum Gasteiger partial charge on any atom is 0.337 e. The minimum Gasteiger partial charge on any atom is -0.467 e.